The first-order valence-corrected chi connectivity index (χ1v) is 15.2. The van der Waals surface area contributed by atoms with E-state index in [1.807, 2.05) is 6.92 Å². The first kappa shape index (κ1) is 28.1. The third-order valence-electron chi connectivity index (χ3n) is 11.4. The number of ether oxygens (including phenoxy) is 2. The minimum absolute atomic E-state index is 0.0424. The van der Waals surface area contributed by atoms with Gasteiger partial charge in [-0.2, -0.15) is 30.4 Å². The van der Waals surface area contributed by atoms with Crippen molar-refractivity contribution in [3.05, 3.63) is 11.3 Å². The Morgan fingerprint density at radius 2 is 1.77 bits per heavy atom. The molecule has 222 valence electrons. The lowest BCUT2D eigenvalue weighted by Gasteiger charge is -2.59. The first-order chi connectivity index (χ1) is 17.9. The van der Waals surface area contributed by atoms with Gasteiger partial charge in [-0.1, -0.05) is 13.8 Å². The van der Waals surface area contributed by atoms with Crippen molar-refractivity contribution < 1.29 is 54.6 Å². The highest BCUT2D eigenvalue weighted by molar-refractivity contribution is 7.86. The molecule has 0 amide bonds. The molecule has 5 aliphatic carbocycles. The van der Waals surface area contributed by atoms with E-state index in [0.29, 0.717) is 37.7 Å². The summed E-state index contributed by atoms with van der Waals surface area (Å²) < 4.78 is 113. The molecule has 3 N–H and O–H groups in total. The Kier molecular flexibility index (Phi) is 6.14. The van der Waals surface area contributed by atoms with Crippen molar-refractivity contribution in [2.75, 3.05) is 0 Å². The van der Waals surface area contributed by atoms with Crippen molar-refractivity contribution in [2.45, 2.75) is 107 Å². The van der Waals surface area contributed by atoms with Gasteiger partial charge in [0.15, 0.2) is 0 Å². The van der Waals surface area contributed by atoms with E-state index in [1.165, 1.54) is 0 Å². The van der Waals surface area contributed by atoms with E-state index in [0.717, 1.165) is 6.42 Å². The zero-order valence-corrected chi connectivity index (χ0v) is 22.5. The summed E-state index contributed by atoms with van der Waals surface area (Å²) in [6.07, 6.45) is -7.38. The average molecular weight is 587 g/mol. The first-order valence-electron chi connectivity index (χ1n) is 13.8. The quantitative estimate of drug-likeness (QED) is 0.253. The van der Waals surface area contributed by atoms with Crippen LogP contribution in [0, 0.1) is 40.9 Å². The number of allylic oxidation sites excluding steroid dienone is 1. The lowest BCUT2D eigenvalue weighted by molar-refractivity contribution is -0.255. The lowest BCUT2D eigenvalue weighted by atomic mass is 9.46. The van der Waals surface area contributed by atoms with Crippen LogP contribution >= 0.6 is 0 Å². The van der Waals surface area contributed by atoms with Gasteiger partial charge in [-0.15, -0.1) is 0 Å². The molecule has 0 radical (unpaired) electrons. The van der Waals surface area contributed by atoms with E-state index in [9.17, 15) is 40.6 Å². The summed E-state index contributed by atoms with van der Waals surface area (Å²) in [5.74, 6) is -0.976. The molecule has 1 saturated heterocycles. The highest BCUT2D eigenvalue weighted by Crippen LogP contribution is 2.74. The van der Waals surface area contributed by atoms with Gasteiger partial charge in [0.1, 0.15) is 5.60 Å². The minimum Gasteiger partial charge on any atom is -0.478 e. The number of hydrogen-bond donors (Lipinski definition) is 3. The van der Waals surface area contributed by atoms with Crippen LogP contribution in [0.3, 0.4) is 0 Å². The van der Waals surface area contributed by atoms with Crippen LogP contribution in [0.4, 0.5) is 22.0 Å². The van der Waals surface area contributed by atoms with Crippen LogP contribution in [0.15, 0.2) is 11.3 Å². The summed E-state index contributed by atoms with van der Waals surface area (Å²) in [5, 5.41) is 16.1. The number of epoxide rings is 1. The molecule has 5 fully saturated rings. The monoisotopic (exact) mass is 586 g/mol. The van der Waals surface area contributed by atoms with E-state index < -0.39 is 51.4 Å². The van der Waals surface area contributed by atoms with Crippen LogP contribution in [0.2, 0.25) is 0 Å². The fourth-order valence-electron chi connectivity index (χ4n) is 9.62. The van der Waals surface area contributed by atoms with Gasteiger partial charge in [-0.25, -0.2) is 0 Å². The minimum atomic E-state index is -6.41. The van der Waals surface area contributed by atoms with E-state index >= 15 is 0 Å². The predicted octanol–water partition coefficient (Wildman–Crippen LogP) is 4.44. The number of aliphatic hydroxyl groups excluding tert-OH is 2. The Hall–Kier alpha value is -1.02. The highest BCUT2D eigenvalue weighted by atomic mass is 32.2. The second-order valence-corrected chi connectivity index (χ2v) is 14.6. The molecule has 0 bridgehead atoms. The second-order valence-electron chi connectivity index (χ2n) is 13.1. The summed E-state index contributed by atoms with van der Waals surface area (Å²) in [6.45, 7) is 4.14. The molecule has 7 nitrogen and oxygen atoms in total. The summed E-state index contributed by atoms with van der Waals surface area (Å²) in [5.41, 5.74) is -0.420. The second kappa shape index (κ2) is 8.52. The van der Waals surface area contributed by atoms with Crippen molar-refractivity contribution in [3.8, 4) is 0 Å². The third-order valence-corrected chi connectivity index (χ3v) is 12.3. The Labute approximate surface area is 223 Å². The van der Waals surface area contributed by atoms with Gasteiger partial charge in [0.25, 0.3) is 6.10 Å². The van der Waals surface area contributed by atoms with Crippen molar-refractivity contribution in [1.82, 2.24) is 0 Å². The van der Waals surface area contributed by atoms with Gasteiger partial charge in [-0.05, 0) is 79.6 Å². The number of hydrogen-bond acceptors (Lipinski definition) is 6. The molecule has 13 heteroatoms. The van der Waals surface area contributed by atoms with Gasteiger partial charge < -0.3 is 19.7 Å². The lowest BCUT2D eigenvalue weighted by Crippen LogP contribution is -2.59. The highest BCUT2D eigenvalue weighted by Gasteiger charge is 2.78. The topological polar surface area (TPSA) is 117 Å². The maximum absolute atomic E-state index is 14.4. The third kappa shape index (κ3) is 3.88. The van der Waals surface area contributed by atoms with Crippen LogP contribution in [0.5, 0.6) is 0 Å². The normalized spacial score (nSPS) is 48.3. The summed E-state index contributed by atoms with van der Waals surface area (Å²) >= 11 is 0. The fraction of sp³-hybridized carbons (Fsp3) is 0.923. The molecule has 4 saturated carbocycles. The molecule has 0 aromatic rings. The standard InChI is InChI=1S/C26H35F5O7S/c1-11-3-4-18(37-22(25(27,28)29)26(30,31)39(34,35)36)14-9-16-20-15(10-19-24(16,38-19)21(11)14)23(2)6-5-13(32)7-12(23)8-17(20)33/h11-13,15-17,19-22,32-33H,3-10H2,1-2H3,(H,34,35,36)/t11-,12+,13?,15+,16+,17?,19?,20-,21+,22?,23+,24+/m1/s1. The maximum Gasteiger partial charge on any atom is 0.432 e. The molecule has 12 atom stereocenters. The molecular formula is C26H35F5O7S. The Morgan fingerprint density at radius 3 is 2.41 bits per heavy atom. The van der Waals surface area contributed by atoms with Crippen molar-refractivity contribution in [1.29, 1.82) is 0 Å². The van der Waals surface area contributed by atoms with Crippen LogP contribution in [0.25, 0.3) is 0 Å². The van der Waals surface area contributed by atoms with Gasteiger partial charge in [0, 0.05) is 18.3 Å². The molecule has 0 aromatic carbocycles. The maximum atomic E-state index is 14.4. The number of fused-ring (bicyclic) bond motifs is 5. The Morgan fingerprint density at radius 1 is 1.08 bits per heavy atom. The molecular weight excluding hydrogens is 551 g/mol. The van der Waals surface area contributed by atoms with Crippen LogP contribution in [-0.2, 0) is 19.6 Å². The average Bonchev–Trinajstić information content (AvgIpc) is 3.43. The molecule has 6 aliphatic rings. The summed E-state index contributed by atoms with van der Waals surface area (Å²) in [7, 11) is -6.41. The molecule has 4 unspecified atom stereocenters. The van der Waals surface area contributed by atoms with E-state index in [1.54, 1.807) is 0 Å². The van der Waals surface area contributed by atoms with Gasteiger partial charge >= 0.3 is 21.5 Å². The Balaban J connectivity index is 1.38. The number of halogens is 5. The smallest absolute Gasteiger partial charge is 0.432 e. The van der Waals surface area contributed by atoms with Crippen molar-refractivity contribution in [3.63, 3.8) is 0 Å². The number of alkyl halides is 5. The zero-order chi connectivity index (χ0) is 28.5. The molecule has 1 heterocycles. The summed E-state index contributed by atoms with van der Waals surface area (Å²) in [4.78, 5) is 0. The van der Waals surface area contributed by atoms with Crippen LogP contribution in [0.1, 0.15) is 65.2 Å². The fourth-order valence-corrected chi connectivity index (χ4v) is 10.1. The number of rotatable bonds is 4. The summed E-state index contributed by atoms with van der Waals surface area (Å²) in [6, 6.07) is 0. The SMILES string of the molecule is C[C@@H]1CCC(OC(C(F)(F)F)C(F)(F)S(=O)(=O)O)=C2C[C@H]3[C@@H]4C(O)C[C@@H]5CC(O)CC[C@]5(C)[C@H]4CC4O[C@]43[C@H]21. The van der Waals surface area contributed by atoms with Crippen LogP contribution < -0.4 is 0 Å². The molecule has 1 spiro atoms. The van der Waals surface area contributed by atoms with Crippen LogP contribution in [-0.4, -0.2) is 64.6 Å². The van der Waals surface area contributed by atoms with Gasteiger partial charge in [-0.3, -0.25) is 4.55 Å². The van der Waals surface area contributed by atoms with E-state index in [4.69, 9.17) is 14.0 Å². The predicted molar refractivity (Wildman–Crippen MR) is 126 cm³/mol. The van der Waals surface area contributed by atoms with Crippen molar-refractivity contribution in [2.24, 2.45) is 40.9 Å². The van der Waals surface area contributed by atoms with Gasteiger partial charge in [0.05, 0.1) is 24.1 Å². The molecule has 1 aliphatic heterocycles. The van der Waals surface area contributed by atoms with Gasteiger partial charge in [0.2, 0.25) is 0 Å². The number of aliphatic hydroxyl groups is 2. The molecule has 6 rings (SSSR count). The zero-order valence-electron chi connectivity index (χ0n) is 21.7. The van der Waals surface area contributed by atoms with Crippen molar-refractivity contribution >= 4 is 10.1 Å². The largest absolute Gasteiger partial charge is 0.478 e. The Bertz CT molecular complexity index is 1170. The van der Waals surface area contributed by atoms with E-state index in [2.05, 4.69) is 6.92 Å². The molecule has 39 heavy (non-hydrogen) atoms. The van der Waals surface area contributed by atoms with E-state index in [-0.39, 0.29) is 59.7 Å². The molecule has 0 aromatic heterocycles.